The SMILES string of the molecule is Cc1cc(C)c2[nH]c(=O)c(C(=O)NC(C)(C)C#N)cc2c1. The topological polar surface area (TPSA) is 85.8 Å². The predicted octanol–water partition coefficient (Wildman–Crippen LogP) is 2.18. The predicted molar refractivity (Wildman–Crippen MR) is 81.2 cm³/mol. The number of nitrogens with one attached hydrogen (secondary N) is 2. The molecule has 1 aromatic heterocycles. The average molecular weight is 283 g/mol. The zero-order chi connectivity index (χ0) is 15.8. The summed E-state index contributed by atoms with van der Waals surface area (Å²) < 4.78 is 0. The summed E-state index contributed by atoms with van der Waals surface area (Å²) in [5.41, 5.74) is 1.25. The molecule has 1 amide bonds. The molecule has 2 N–H and O–H groups in total. The van der Waals surface area contributed by atoms with Gasteiger partial charge in [0.15, 0.2) is 0 Å². The van der Waals surface area contributed by atoms with Crippen LogP contribution in [0, 0.1) is 25.2 Å². The first-order valence-electron chi connectivity index (χ1n) is 6.61. The molecule has 0 fully saturated rings. The summed E-state index contributed by atoms with van der Waals surface area (Å²) in [6, 6.07) is 7.42. The van der Waals surface area contributed by atoms with Crippen molar-refractivity contribution in [3.8, 4) is 6.07 Å². The quantitative estimate of drug-likeness (QED) is 0.885. The molecule has 0 unspecified atom stereocenters. The molecule has 0 atom stereocenters. The molecule has 0 aliphatic heterocycles. The molecule has 5 nitrogen and oxygen atoms in total. The maximum Gasteiger partial charge on any atom is 0.261 e. The largest absolute Gasteiger partial charge is 0.334 e. The zero-order valence-electron chi connectivity index (χ0n) is 12.5. The normalized spacial score (nSPS) is 11.2. The summed E-state index contributed by atoms with van der Waals surface area (Å²) in [6.07, 6.45) is 0. The highest BCUT2D eigenvalue weighted by atomic mass is 16.2. The lowest BCUT2D eigenvalue weighted by Crippen LogP contribution is -2.43. The number of hydrogen-bond acceptors (Lipinski definition) is 3. The summed E-state index contributed by atoms with van der Waals surface area (Å²) >= 11 is 0. The number of pyridine rings is 1. The lowest BCUT2D eigenvalue weighted by Gasteiger charge is -2.17. The molecule has 0 saturated heterocycles. The highest BCUT2D eigenvalue weighted by Crippen LogP contribution is 2.18. The van der Waals surface area contributed by atoms with Crippen molar-refractivity contribution in [1.29, 1.82) is 5.26 Å². The van der Waals surface area contributed by atoms with E-state index in [4.69, 9.17) is 5.26 Å². The molecular formula is C16H17N3O2. The van der Waals surface area contributed by atoms with Crippen molar-refractivity contribution in [2.24, 2.45) is 0 Å². The molecule has 0 spiro atoms. The number of rotatable bonds is 2. The summed E-state index contributed by atoms with van der Waals surface area (Å²) in [6.45, 7) is 7.02. The number of amides is 1. The van der Waals surface area contributed by atoms with Gasteiger partial charge in [-0.15, -0.1) is 0 Å². The van der Waals surface area contributed by atoms with Gasteiger partial charge < -0.3 is 10.3 Å². The van der Waals surface area contributed by atoms with E-state index in [0.29, 0.717) is 0 Å². The van der Waals surface area contributed by atoms with E-state index < -0.39 is 17.0 Å². The number of hydrogen-bond donors (Lipinski definition) is 2. The van der Waals surface area contributed by atoms with Gasteiger partial charge in [0.2, 0.25) is 0 Å². The van der Waals surface area contributed by atoms with Gasteiger partial charge in [0.05, 0.1) is 11.6 Å². The van der Waals surface area contributed by atoms with Crippen LogP contribution >= 0.6 is 0 Å². The van der Waals surface area contributed by atoms with Crippen LogP contribution in [0.4, 0.5) is 0 Å². The van der Waals surface area contributed by atoms with Gasteiger partial charge in [-0.05, 0) is 50.8 Å². The third-order valence-electron chi connectivity index (χ3n) is 3.24. The number of H-pyrrole nitrogens is 1. The first-order chi connectivity index (χ1) is 9.73. The second-order valence-corrected chi connectivity index (χ2v) is 5.75. The van der Waals surface area contributed by atoms with E-state index in [0.717, 1.165) is 22.0 Å². The van der Waals surface area contributed by atoms with Crippen LogP contribution in [0.3, 0.4) is 0 Å². The lowest BCUT2D eigenvalue weighted by molar-refractivity contribution is 0.0928. The number of benzene rings is 1. The molecule has 0 aliphatic carbocycles. The van der Waals surface area contributed by atoms with Crippen molar-refractivity contribution in [2.45, 2.75) is 33.2 Å². The van der Waals surface area contributed by atoms with Gasteiger partial charge in [0, 0.05) is 0 Å². The summed E-state index contributed by atoms with van der Waals surface area (Å²) in [7, 11) is 0. The van der Waals surface area contributed by atoms with Crippen LogP contribution in [-0.4, -0.2) is 16.4 Å². The Labute approximate surface area is 122 Å². The van der Waals surface area contributed by atoms with E-state index in [9.17, 15) is 9.59 Å². The number of aryl methyl sites for hydroxylation is 2. The van der Waals surface area contributed by atoms with Gasteiger partial charge >= 0.3 is 0 Å². The standard InChI is InChI=1S/C16H17N3O2/c1-9-5-10(2)13-11(6-9)7-12(14(20)18-13)15(21)19-16(3,4)8-17/h5-7H,1-4H3,(H,18,20)(H,19,21). The van der Waals surface area contributed by atoms with Crippen LogP contribution in [-0.2, 0) is 0 Å². The molecule has 0 aliphatic rings. The van der Waals surface area contributed by atoms with Crippen molar-refractivity contribution in [3.63, 3.8) is 0 Å². The molecule has 0 bridgehead atoms. The van der Waals surface area contributed by atoms with E-state index in [-0.39, 0.29) is 5.56 Å². The van der Waals surface area contributed by atoms with Crippen LogP contribution < -0.4 is 10.9 Å². The number of carbonyl (C=O) groups excluding carboxylic acids is 1. The fraction of sp³-hybridized carbons (Fsp3) is 0.312. The van der Waals surface area contributed by atoms with Gasteiger partial charge in [0.1, 0.15) is 11.1 Å². The Bertz CT molecular complexity index is 826. The summed E-state index contributed by atoms with van der Waals surface area (Å²) in [5.74, 6) is -0.552. The number of nitriles is 1. The molecule has 21 heavy (non-hydrogen) atoms. The summed E-state index contributed by atoms with van der Waals surface area (Å²) in [5, 5.41) is 12.3. The first-order valence-corrected chi connectivity index (χ1v) is 6.61. The molecule has 5 heteroatoms. The van der Waals surface area contributed by atoms with Crippen molar-refractivity contribution in [3.05, 3.63) is 45.2 Å². The molecule has 108 valence electrons. The van der Waals surface area contributed by atoms with Gasteiger partial charge in [-0.2, -0.15) is 5.26 Å². The molecule has 0 saturated carbocycles. The highest BCUT2D eigenvalue weighted by Gasteiger charge is 2.22. The number of fused-ring (bicyclic) bond motifs is 1. The van der Waals surface area contributed by atoms with Crippen molar-refractivity contribution in [1.82, 2.24) is 10.3 Å². The highest BCUT2D eigenvalue weighted by molar-refractivity contribution is 5.98. The Morgan fingerprint density at radius 3 is 2.57 bits per heavy atom. The zero-order valence-corrected chi connectivity index (χ0v) is 12.5. The van der Waals surface area contributed by atoms with Gasteiger partial charge in [-0.1, -0.05) is 11.6 Å². The Balaban J connectivity index is 2.56. The third kappa shape index (κ3) is 2.95. The number of aromatic amines is 1. The molecule has 2 aromatic rings. The van der Waals surface area contributed by atoms with Crippen LogP contribution in [0.1, 0.15) is 35.3 Å². The second-order valence-electron chi connectivity index (χ2n) is 5.75. The third-order valence-corrected chi connectivity index (χ3v) is 3.24. The number of nitrogens with zero attached hydrogens (tertiary/aromatic N) is 1. The minimum Gasteiger partial charge on any atom is -0.334 e. The Hall–Kier alpha value is -2.61. The first kappa shape index (κ1) is 14.8. The molecule has 0 radical (unpaired) electrons. The van der Waals surface area contributed by atoms with Crippen LogP contribution in [0.15, 0.2) is 23.0 Å². The van der Waals surface area contributed by atoms with Crippen molar-refractivity contribution >= 4 is 16.8 Å². The van der Waals surface area contributed by atoms with Crippen LogP contribution in [0.2, 0.25) is 0 Å². The Morgan fingerprint density at radius 2 is 1.95 bits per heavy atom. The minimum atomic E-state index is -1.03. The maximum absolute atomic E-state index is 12.2. The van der Waals surface area contributed by atoms with Gasteiger partial charge in [-0.25, -0.2) is 0 Å². The molecular weight excluding hydrogens is 266 g/mol. The van der Waals surface area contributed by atoms with Crippen LogP contribution in [0.5, 0.6) is 0 Å². The number of aromatic nitrogens is 1. The minimum absolute atomic E-state index is 0.0100. The maximum atomic E-state index is 12.2. The van der Waals surface area contributed by atoms with E-state index in [1.807, 2.05) is 32.0 Å². The van der Waals surface area contributed by atoms with Gasteiger partial charge in [-0.3, -0.25) is 9.59 Å². The van der Waals surface area contributed by atoms with Gasteiger partial charge in [0.25, 0.3) is 11.5 Å². The smallest absolute Gasteiger partial charge is 0.261 e. The monoisotopic (exact) mass is 283 g/mol. The second kappa shape index (κ2) is 5.06. The Kier molecular flexibility index (Phi) is 3.56. The van der Waals surface area contributed by atoms with E-state index in [2.05, 4.69) is 10.3 Å². The van der Waals surface area contributed by atoms with E-state index >= 15 is 0 Å². The van der Waals surface area contributed by atoms with Crippen molar-refractivity contribution in [2.75, 3.05) is 0 Å². The molecule has 1 aromatic carbocycles. The fourth-order valence-electron chi connectivity index (χ4n) is 2.23. The molecule has 2 rings (SSSR count). The van der Waals surface area contributed by atoms with Crippen LogP contribution in [0.25, 0.3) is 10.9 Å². The van der Waals surface area contributed by atoms with E-state index in [1.165, 1.54) is 0 Å². The molecule has 1 heterocycles. The summed E-state index contributed by atoms with van der Waals surface area (Å²) in [4.78, 5) is 27.0. The van der Waals surface area contributed by atoms with Crippen molar-refractivity contribution < 1.29 is 4.79 Å². The number of carbonyl (C=O) groups is 1. The Morgan fingerprint density at radius 1 is 1.29 bits per heavy atom. The lowest BCUT2D eigenvalue weighted by atomic mass is 10.0. The average Bonchev–Trinajstić information content (AvgIpc) is 2.38. The van der Waals surface area contributed by atoms with E-state index in [1.54, 1.807) is 19.9 Å². The fourth-order valence-corrected chi connectivity index (χ4v) is 2.23.